The molecule has 2 N–H and O–H groups in total. The van der Waals surface area contributed by atoms with Gasteiger partial charge >= 0.3 is 5.97 Å². The number of ether oxygens (including phenoxy) is 2. The highest BCUT2D eigenvalue weighted by Gasteiger charge is 2.31. The van der Waals surface area contributed by atoms with Gasteiger partial charge in [0, 0.05) is 6.54 Å². The number of rotatable bonds is 8. The molecule has 0 heterocycles. The first-order chi connectivity index (χ1) is 9.92. The number of para-hydroxylation sites is 2. The van der Waals surface area contributed by atoms with Crippen molar-refractivity contribution in [3.63, 3.8) is 0 Å². The molecule has 0 saturated carbocycles. The molecule has 0 bridgehead atoms. The van der Waals surface area contributed by atoms with E-state index in [1.807, 2.05) is 0 Å². The van der Waals surface area contributed by atoms with Crippen molar-refractivity contribution in [3.05, 3.63) is 24.3 Å². The zero-order chi connectivity index (χ0) is 15.9. The monoisotopic (exact) mass is 295 g/mol. The standard InChI is InChI=1S/C15H21NO5/c1-4-15(2,14(18)19)10-16-13(17)9-21-12-8-6-5-7-11(12)20-3/h5-8H,4,9-10H2,1-3H3,(H,16,17)(H,18,19). The predicted molar refractivity (Wildman–Crippen MR) is 77.5 cm³/mol. The summed E-state index contributed by atoms with van der Waals surface area (Å²) in [6.07, 6.45) is 0.427. The van der Waals surface area contributed by atoms with E-state index in [2.05, 4.69) is 5.32 Å². The molecule has 1 aromatic rings. The van der Waals surface area contributed by atoms with Crippen LogP contribution >= 0.6 is 0 Å². The minimum Gasteiger partial charge on any atom is -0.493 e. The molecule has 1 unspecified atom stereocenters. The number of aliphatic carboxylic acids is 1. The average Bonchev–Trinajstić information content (AvgIpc) is 2.50. The Morgan fingerprint density at radius 3 is 2.43 bits per heavy atom. The predicted octanol–water partition coefficient (Wildman–Crippen LogP) is 1.69. The normalized spacial score (nSPS) is 13.1. The molecule has 0 aliphatic carbocycles. The van der Waals surface area contributed by atoms with Gasteiger partial charge in [-0.3, -0.25) is 9.59 Å². The lowest BCUT2D eigenvalue weighted by molar-refractivity contribution is -0.148. The summed E-state index contributed by atoms with van der Waals surface area (Å²) in [5, 5.41) is 11.7. The second-order valence-electron chi connectivity index (χ2n) is 4.94. The molecule has 116 valence electrons. The van der Waals surface area contributed by atoms with Crippen molar-refractivity contribution < 1.29 is 24.2 Å². The molecule has 1 atom stereocenters. The fraction of sp³-hybridized carbons (Fsp3) is 0.467. The zero-order valence-corrected chi connectivity index (χ0v) is 12.5. The number of amides is 1. The van der Waals surface area contributed by atoms with Gasteiger partial charge in [0.2, 0.25) is 0 Å². The highest BCUT2D eigenvalue weighted by molar-refractivity contribution is 5.79. The van der Waals surface area contributed by atoms with E-state index in [9.17, 15) is 9.59 Å². The number of hydrogen-bond acceptors (Lipinski definition) is 4. The number of methoxy groups -OCH3 is 1. The van der Waals surface area contributed by atoms with Crippen LogP contribution in [-0.4, -0.2) is 37.2 Å². The fourth-order valence-electron chi connectivity index (χ4n) is 1.58. The number of carbonyl (C=O) groups is 2. The minimum atomic E-state index is -0.972. The summed E-state index contributed by atoms with van der Waals surface area (Å²) in [6, 6.07) is 6.99. The number of carbonyl (C=O) groups excluding carboxylic acids is 1. The first-order valence-electron chi connectivity index (χ1n) is 6.69. The first-order valence-corrected chi connectivity index (χ1v) is 6.69. The van der Waals surface area contributed by atoms with Crippen LogP contribution in [0.5, 0.6) is 11.5 Å². The van der Waals surface area contributed by atoms with Crippen LogP contribution in [0.3, 0.4) is 0 Å². The molecule has 1 rings (SSSR count). The molecule has 1 aromatic carbocycles. The van der Waals surface area contributed by atoms with E-state index in [-0.39, 0.29) is 19.1 Å². The third kappa shape index (κ3) is 4.66. The van der Waals surface area contributed by atoms with Crippen LogP contribution in [0, 0.1) is 5.41 Å². The molecule has 0 aromatic heterocycles. The van der Waals surface area contributed by atoms with Gasteiger partial charge in [-0.2, -0.15) is 0 Å². The maximum absolute atomic E-state index is 11.7. The Morgan fingerprint density at radius 2 is 1.90 bits per heavy atom. The Hall–Kier alpha value is -2.24. The van der Waals surface area contributed by atoms with Crippen molar-refractivity contribution in [1.29, 1.82) is 0 Å². The average molecular weight is 295 g/mol. The molecule has 0 spiro atoms. The van der Waals surface area contributed by atoms with Gasteiger partial charge in [-0.25, -0.2) is 0 Å². The third-order valence-corrected chi connectivity index (χ3v) is 3.40. The molecule has 6 heteroatoms. The number of benzene rings is 1. The molecular weight excluding hydrogens is 274 g/mol. The van der Waals surface area contributed by atoms with E-state index in [4.69, 9.17) is 14.6 Å². The molecule has 0 aliphatic rings. The summed E-state index contributed by atoms with van der Waals surface area (Å²) in [6.45, 7) is 3.23. The van der Waals surface area contributed by atoms with Crippen molar-refractivity contribution >= 4 is 11.9 Å². The second-order valence-corrected chi connectivity index (χ2v) is 4.94. The summed E-state index contributed by atoms with van der Waals surface area (Å²) < 4.78 is 10.5. The maximum Gasteiger partial charge on any atom is 0.311 e. The molecule has 0 aliphatic heterocycles. The summed E-state index contributed by atoms with van der Waals surface area (Å²) in [5.74, 6) is -0.307. The van der Waals surface area contributed by atoms with Gasteiger partial charge in [-0.15, -0.1) is 0 Å². The van der Waals surface area contributed by atoms with E-state index >= 15 is 0 Å². The Kier molecular flexibility index (Phi) is 6.02. The van der Waals surface area contributed by atoms with Crippen LogP contribution in [0.1, 0.15) is 20.3 Å². The van der Waals surface area contributed by atoms with Crippen LogP contribution in [0.15, 0.2) is 24.3 Å². The Balaban J connectivity index is 2.50. The van der Waals surface area contributed by atoms with Gasteiger partial charge in [0.1, 0.15) is 0 Å². The van der Waals surface area contributed by atoms with Gasteiger partial charge in [-0.1, -0.05) is 19.1 Å². The van der Waals surface area contributed by atoms with E-state index in [0.717, 1.165) is 0 Å². The van der Waals surface area contributed by atoms with E-state index < -0.39 is 11.4 Å². The van der Waals surface area contributed by atoms with Gasteiger partial charge in [-0.05, 0) is 25.5 Å². The first kappa shape index (κ1) is 16.8. The minimum absolute atomic E-state index is 0.0625. The van der Waals surface area contributed by atoms with Crippen molar-refractivity contribution in [2.24, 2.45) is 5.41 Å². The molecule has 0 fully saturated rings. The zero-order valence-electron chi connectivity index (χ0n) is 12.5. The Bertz CT molecular complexity index is 503. The van der Waals surface area contributed by atoms with Crippen molar-refractivity contribution in [3.8, 4) is 11.5 Å². The topological polar surface area (TPSA) is 84.9 Å². The molecular formula is C15H21NO5. The highest BCUT2D eigenvalue weighted by Crippen LogP contribution is 2.25. The number of carboxylic acid groups (broad SMARTS) is 1. The lowest BCUT2D eigenvalue weighted by Crippen LogP contribution is -2.42. The second kappa shape index (κ2) is 7.52. The molecule has 1 amide bonds. The lowest BCUT2D eigenvalue weighted by atomic mass is 9.88. The van der Waals surface area contributed by atoms with Gasteiger partial charge in [0.05, 0.1) is 12.5 Å². The van der Waals surface area contributed by atoms with Crippen molar-refractivity contribution in [1.82, 2.24) is 5.32 Å². The largest absolute Gasteiger partial charge is 0.493 e. The van der Waals surface area contributed by atoms with Crippen LogP contribution < -0.4 is 14.8 Å². The highest BCUT2D eigenvalue weighted by atomic mass is 16.5. The molecule has 0 radical (unpaired) electrons. The maximum atomic E-state index is 11.7. The van der Waals surface area contributed by atoms with Crippen LogP contribution in [0.25, 0.3) is 0 Å². The molecule has 6 nitrogen and oxygen atoms in total. The van der Waals surface area contributed by atoms with Gasteiger partial charge < -0.3 is 19.9 Å². The Morgan fingerprint density at radius 1 is 1.29 bits per heavy atom. The smallest absolute Gasteiger partial charge is 0.311 e. The SMILES string of the molecule is CCC(C)(CNC(=O)COc1ccccc1OC)C(=O)O. The van der Waals surface area contributed by atoms with E-state index in [0.29, 0.717) is 17.9 Å². The quantitative estimate of drug-likeness (QED) is 0.762. The van der Waals surface area contributed by atoms with Crippen LogP contribution in [-0.2, 0) is 9.59 Å². The summed E-state index contributed by atoms with van der Waals surface area (Å²) in [5.41, 5.74) is -0.972. The van der Waals surface area contributed by atoms with Crippen LogP contribution in [0.2, 0.25) is 0 Å². The van der Waals surface area contributed by atoms with E-state index in [1.54, 1.807) is 38.1 Å². The van der Waals surface area contributed by atoms with Crippen molar-refractivity contribution in [2.45, 2.75) is 20.3 Å². The number of hydrogen-bond donors (Lipinski definition) is 2. The van der Waals surface area contributed by atoms with Crippen molar-refractivity contribution in [2.75, 3.05) is 20.3 Å². The number of carboxylic acids is 1. The van der Waals surface area contributed by atoms with Gasteiger partial charge in [0.25, 0.3) is 5.91 Å². The Labute approximate surface area is 124 Å². The third-order valence-electron chi connectivity index (χ3n) is 3.40. The lowest BCUT2D eigenvalue weighted by Gasteiger charge is -2.23. The summed E-state index contributed by atoms with van der Waals surface area (Å²) in [7, 11) is 1.52. The molecule has 0 saturated heterocycles. The van der Waals surface area contributed by atoms with Gasteiger partial charge in [0.15, 0.2) is 18.1 Å². The van der Waals surface area contributed by atoms with E-state index in [1.165, 1.54) is 7.11 Å². The number of nitrogens with one attached hydrogen (secondary N) is 1. The fourth-order valence-corrected chi connectivity index (χ4v) is 1.58. The summed E-state index contributed by atoms with van der Waals surface area (Å²) in [4.78, 5) is 22.9. The summed E-state index contributed by atoms with van der Waals surface area (Å²) >= 11 is 0. The van der Waals surface area contributed by atoms with Crippen LogP contribution in [0.4, 0.5) is 0 Å². The molecule has 21 heavy (non-hydrogen) atoms.